The van der Waals surface area contributed by atoms with Gasteiger partial charge in [-0.25, -0.2) is 19.9 Å². The summed E-state index contributed by atoms with van der Waals surface area (Å²) in [7, 11) is 0. The second-order valence-corrected chi connectivity index (χ2v) is 12.5. The molecule has 4 nitrogen and oxygen atoms in total. The quantitative estimate of drug-likeness (QED) is 0.193. The fourth-order valence-electron chi connectivity index (χ4n) is 6.21. The first kappa shape index (κ1) is 27.3. The molecule has 9 rings (SSSR count). The number of fused-ring (bicyclic) bond motifs is 5. The zero-order chi connectivity index (χ0) is 31.2. The van der Waals surface area contributed by atoms with Gasteiger partial charge < -0.3 is 0 Å². The first-order valence-electron chi connectivity index (χ1n) is 15.6. The molecule has 0 spiro atoms. The Hall–Kier alpha value is -6.04. The minimum Gasteiger partial charge on any atom is -0.247 e. The van der Waals surface area contributed by atoms with Gasteiger partial charge in [-0.1, -0.05) is 140 Å². The molecule has 0 unspecified atom stereocenters. The summed E-state index contributed by atoms with van der Waals surface area (Å²) in [4.78, 5) is 19.9. The van der Waals surface area contributed by atoms with Crippen molar-refractivity contribution in [1.82, 2.24) is 19.9 Å². The molecule has 220 valence electrons. The number of pyridine rings is 1. The Morgan fingerprint density at radius 3 is 1.55 bits per heavy atom. The molecule has 0 atom stereocenters. The number of para-hydroxylation sites is 1. The number of nitrogens with zero attached hydrogens (tertiary/aromatic N) is 4. The highest BCUT2D eigenvalue weighted by molar-refractivity contribution is 7.26. The van der Waals surface area contributed by atoms with Gasteiger partial charge in [0.15, 0.2) is 17.5 Å². The molecule has 0 bridgehead atoms. The Labute approximate surface area is 275 Å². The van der Waals surface area contributed by atoms with E-state index in [-0.39, 0.29) is 0 Å². The first-order chi connectivity index (χ1) is 23.3. The van der Waals surface area contributed by atoms with Gasteiger partial charge in [0, 0.05) is 47.8 Å². The van der Waals surface area contributed by atoms with Crippen molar-refractivity contribution in [3.05, 3.63) is 158 Å². The van der Waals surface area contributed by atoms with Crippen LogP contribution in [-0.2, 0) is 0 Å². The third kappa shape index (κ3) is 4.94. The highest BCUT2D eigenvalue weighted by Gasteiger charge is 2.17. The zero-order valence-electron chi connectivity index (χ0n) is 25.2. The maximum atomic E-state index is 5.24. The minimum atomic E-state index is 0.644. The molecular formula is C42H26N4S. The summed E-state index contributed by atoms with van der Waals surface area (Å²) in [6.07, 6.45) is 0. The molecular weight excluding hydrogens is 593 g/mol. The standard InChI is InChI=1S/C42H26N4S/c1-3-12-28(13-4-1)40-44-41(29-14-5-2-6-15-29)46-42(45-40)30-24-22-27(23-25-30)31-16-11-17-32(26-31)38-37-34-19-8-10-21-36(34)47-39(37)33-18-7-9-20-35(33)43-38/h1-26H. The average molecular weight is 619 g/mol. The van der Waals surface area contributed by atoms with Crippen LogP contribution < -0.4 is 0 Å². The first-order valence-corrected chi connectivity index (χ1v) is 16.4. The van der Waals surface area contributed by atoms with Crippen molar-refractivity contribution < 1.29 is 0 Å². The predicted octanol–water partition coefficient (Wildman–Crippen LogP) is 11.1. The number of hydrogen-bond donors (Lipinski definition) is 0. The number of aromatic nitrogens is 4. The second kappa shape index (κ2) is 11.4. The van der Waals surface area contributed by atoms with Gasteiger partial charge in [-0.15, -0.1) is 11.3 Å². The van der Waals surface area contributed by atoms with Crippen molar-refractivity contribution in [2.75, 3.05) is 0 Å². The Balaban J connectivity index is 1.13. The number of benzene rings is 6. The van der Waals surface area contributed by atoms with Gasteiger partial charge in [0.2, 0.25) is 0 Å². The van der Waals surface area contributed by atoms with Gasteiger partial charge in [0.1, 0.15) is 0 Å². The van der Waals surface area contributed by atoms with Crippen LogP contribution in [0.2, 0.25) is 0 Å². The molecule has 0 saturated heterocycles. The van der Waals surface area contributed by atoms with E-state index in [1.165, 1.54) is 25.6 Å². The molecule has 0 radical (unpaired) electrons. The van der Waals surface area contributed by atoms with Crippen molar-refractivity contribution in [3.8, 4) is 56.5 Å². The SMILES string of the molecule is c1ccc(-c2nc(-c3ccccc3)nc(-c3ccc(-c4cccc(-c5nc6ccccc6c6sc7ccccc7c56)c4)cc3)n2)cc1. The third-order valence-corrected chi connectivity index (χ3v) is 9.73. The van der Waals surface area contributed by atoms with E-state index in [0.717, 1.165) is 44.6 Å². The predicted molar refractivity (Wildman–Crippen MR) is 195 cm³/mol. The van der Waals surface area contributed by atoms with E-state index in [4.69, 9.17) is 19.9 Å². The van der Waals surface area contributed by atoms with E-state index in [0.29, 0.717) is 17.5 Å². The largest absolute Gasteiger partial charge is 0.247 e. The van der Waals surface area contributed by atoms with Crippen LogP contribution in [0.5, 0.6) is 0 Å². The molecule has 3 heterocycles. The van der Waals surface area contributed by atoms with Crippen LogP contribution in [0.1, 0.15) is 0 Å². The van der Waals surface area contributed by atoms with E-state index in [1.54, 1.807) is 0 Å². The van der Waals surface area contributed by atoms with Gasteiger partial charge in [-0.3, -0.25) is 0 Å². The summed E-state index contributed by atoms with van der Waals surface area (Å²) in [5.41, 5.74) is 8.21. The van der Waals surface area contributed by atoms with Crippen LogP contribution >= 0.6 is 11.3 Å². The van der Waals surface area contributed by atoms with Gasteiger partial charge >= 0.3 is 0 Å². The van der Waals surface area contributed by atoms with E-state index in [9.17, 15) is 0 Å². The van der Waals surface area contributed by atoms with Crippen LogP contribution in [0.15, 0.2) is 158 Å². The molecule has 9 aromatic rings. The Bertz CT molecular complexity index is 2500. The van der Waals surface area contributed by atoms with E-state index >= 15 is 0 Å². The molecule has 3 aromatic heterocycles. The highest BCUT2D eigenvalue weighted by Crippen LogP contribution is 2.43. The van der Waals surface area contributed by atoms with Crippen molar-refractivity contribution in [3.63, 3.8) is 0 Å². The average Bonchev–Trinajstić information content (AvgIpc) is 3.55. The molecule has 5 heteroatoms. The topological polar surface area (TPSA) is 51.6 Å². The summed E-state index contributed by atoms with van der Waals surface area (Å²) < 4.78 is 2.56. The number of rotatable bonds is 5. The Morgan fingerprint density at radius 1 is 0.362 bits per heavy atom. The maximum Gasteiger partial charge on any atom is 0.164 e. The molecule has 0 N–H and O–H groups in total. The van der Waals surface area contributed by atoms with Crippen LogP contribution in [0.3, 0.4) is 0 Å². The zero-order valence-corrected chi connectivity index (χ0v) is 26.0. The van der Waals surface area contributed by atoms with Crippen molar-refractivity contribution in [1.29, 1.82) is 0 Å². The number of hydrogen-bond acceptors (Lipinski definition) is 5. The van der Waals surface area contributed by atoms with Crippen LogP contribution in [-0.4, -0.2) is 19.9 Å². The molecule has 0 aliphatic carbocycles. The second-order valence-electron chi connectivity index (χ2n) is 11.5. The minimum absolute atomic E-state index is 0.644. The summed E-state index contributed by atoms with van der Waals surface area (Å²) in [5.74, 6) is 1.95. The van der Waals surface area contributed by atoms with Crippen LogP contribution in [0.25, 0.3) is 87.6 Å². The third-order valence-electron chi connectivity index (χ3n) is 8.53. The van der Waals surface area contributed by atoms with Crippen molar-refractivity contribution in [2.24, 2.45) is 0 Å². The number of thiophene rings is 1. The lowest BCUT2D eigenvalue weighted by molar-refractivity contribution is 1.07. The Morgan fingerprint density at radius 2 is 0.872 bits per heavy atom. The highest BCUT2D eigenvalue weighted by atomic mass is 32.1. The molecule has 0 saturated carbocycles. The van der Waals surface area contributed by atoms with Crippen LogP contribution in [0, 0.1) is 0 Å². The van der Waals surface area contributed by atoms with E-state index < -0.39 is 0 Å². The van der Waals surface area contributed by atoms with Gasteiger partial charge in [-0.2, -0.15) is 0 Å². The molecule has 0 aliphatic heterocycles. The van der Waals surface area contributed by atoms with Crippen molar-refractivity contribution in [2.45, 2.75) is 0 Å². The summed E-state index contributed by atoms with van der Waals surface area (Å²) in [6.45, 7) is 0. The molecule has 0 aliphatic rings. The van der Waals surface area contributed by atoms with Crippen molar-refractivity contribution >= 4 is 42.4 Å². The molecule has 6 aromatic carbocycles. The van der Waals surface area contributed by atoms with Gasteiger partial charge in [-0.05, 0) is 29.3 Å². The lowest BCUT2D eigenvalue weighted by Gasteiger charge is -2.11. The lowest BCUT2D eigenvalue weighted by atomic mass is 9.98. The maximum absolute atomic E-state index is 5.24. The fourth-order valence-corrected chi connectivity index (χ4v) is 7.45. The summed E-state index contributed by atoms with van der Waals surface area (Å²) in [5, 5.41) is 3.66. The normalized spacial score (nSPS) is 11.4. The molecule has 0 amide bonds. The Kier molecular flexibility index (Phi) is 6.61. The fraction of sp³-hybridized carbons (Fsp3) is 0. The van der Waals surface area contributed by atoms with E-state index in [2.05, 4.69) is 97.1 Å². The van der Waals surface area contributed by atoms with E-state index in [1.807, 2.05) is 72.0 Å². The van der Waals surface area contributed by atoms with Crippen LogP contribution in [0.4, 0.5) is 0 Å². The smallest absolute Gasteiger partial charge is 0.164 e. The van der Waals surface area contributed by atoms with Gasteiger partial charge in [0.25, 0.3) is 0 Å². The molecule has 0 fully saturated rings. The lowest BCUT2D eigenvalue weighted by Crippen LogP contribution is -2.00. The summed E-state index contributed by atoms with van der Waals surface area (Å²) in [6, 6.07) is 54.4. The summed E-state index contributed by atoms with van der Waals surface area (Å²) >= 11 is 1.84. The molecule has 47 heavy (non-hydrogen) atoms. The monoisotopic (exact) mass is 618 g/mol. The van der Waals surface area contributed by atoms with Gasteiger partial charge in [0.05, 0.1) is 11.2 Å².